The fourth-order valence-electron chi connectivity index (χ4n) is 3.31. The van der Waals surface area contributed by atoms with E-state index in [1.807, 2.05) is 4.57 Å². The van der Waals surface area contributed by atoms with Crippen LogP contribution in [-0.2, 0) is 13.0 Å². The van der Waals surface area contributed by atoms with Crippen LogP contribution in [0.1, 0.15) is 59.4 Å². The zero-order chi connectivity index (χ0) is 19.4. The smallest absolute Gasteiger partial charge is 0.289 e. The number of hydrogen-bond donors (Lipinski definition) is 1. The molecule has 0 aliphatic carbocycles. The number of amides is 2. The van der Waals surface area contributed by atoms with E-state index in [1.54, 1.807) is 18.0 Å². The molecule has 0 radical (unpaired) electrons. The van der Waals surface area contributed by atoms with Crippen molar-refractivity contribution in [2.45, 2.75) is 45.6 Å². The normalized spacial score (nSPS) is 13.1. The van der Waals surface area contributed by atoms with Crippen LogP contribution in [0, 0.1) is 5.82 Å². The minimum Gasteiger partial charge on any atom is -0.339 e. The zero-order valence-corrected chi connectivity index (χ0v) is 15.8. The van der Waals surface area contributed by atoms with E-state index in [0.717, 1.165) is 31.4 Å². The first-order valence-corrected chi connectivity index (χ1v) is 9.43. The maximum atomic E-state index is 13.4. The third-order valence-electron chi connectivity index (χ3n) is 4.80. The van der Waals surface area contributed by atoms with E-state index in [0.29, 0.717) is 31.0 Å². The van der Waals surface area contributed by atoms with Crippen molar-refractivity contribution >= 4 is 17.5 Å². The number of rotatable bonds is 6. The number of imidazole rings is 1. The highest BCUT2D eigenvalue weighted by atomic mass is 19.1. The number of anilines is 1. The molecular weight excluding hydrogens is 347 g/mol. The van der Waals surface area contributed by atoms with Gasteiger partial charge >= 0.3 is 0 Å². The Morgan fingerprint density at radius 1 is 1.33 bits per heavy atom. The molecule has 1 aliphatic heterocycles. The first-order chi connectivity index (χ1) is 13.0. The fourth-order valence-corrected chi connectivity index (χ4v) is 3.31. The van der Waals surface area contributed by atoms with Crippen molar-refractivity contribution in [1.29, 1.82) is 0 Å². The lowest BCUT2D eigenvalue weighted by Gasteiger charge is -2.20. The number of fused-ring (bicyclic) bond motifs is 1. The lowest BCUT2D eigenvalue weighted by molar-refractivity contribution is 0.0775. The van der Waals surface area contributed by atoms with Gasteiger partial charge < -0.3 is 14.8 Å². The van der Waals surface area contributed by atoms with Gasteiger partial charge in [-0.05, 0) is 43.9 Å². The summed E-state index contributed by atoms with van der Waals surface area (Å²) in [7, 11) is 1.76. The molecule has 1 aliphatic rings. The van der Waals surface area contributed by atoms with Gasteiger partial charge in [-0.2, -0.15) is 0 Å². The largest absolute Gasteiger partial charge is 0.339 e. The van der Waals surface area contributed by atoms with Gasteiger partial charge in [-0.1, -0.05) is 19.4 Å². The molecule has 7 heteroatoms. The molecule has 144 valence electrons. The summed E-state index contributed by atoms with van der Waals surface area (Å²) in [6.45, 7) is 3.41. The van der Waals surface area contributed by atoms with Crippen LogP contribution in [0.5, 0.6) is 0 Å². The van der Waals surface area contributed by atoms with Crippen LogP contribution < -0.4 is 5.32 Å². The van der Waals surface area contributed by atoms with E-state index in [4.69, 9.17) is 0 Å². The van der Waals surface area contributed by atoms with Crippen molar-refractivity contribution in [3.05, 3.63) is 47.3 Å². The summed E-state index contributed by atoms with van der Waals surface area (Å²) < 4.78 is 15.2. The van der Waals surface area contributed by atoms with Crippen molar-refractivity contribution in [3.8, 4) is 0 Å². The average Bonchev–Trinajstić information content (AvgIpc) is 3.05. The Kier molecular flexibility index (Phi) is 5.88. The Morgan fingerprint density at radius 3 is 2.89 bits per heavy atom. The van der Waals surface area contributed by atoms with E-state index in [1.165, 1.54) is 18.2 Å². The number of hydrogen-bond acceptors (Lipinski definition) is 3. The third kappa shape index (κ3) is 4.18. The van der Waals surface area contributed by atoms with Gasteiger partial charge in [0.25, 0.3) is 11.8 Å². The highest BCUT2D eigenvalue weighted by Gasteiger charge is 2.28. The molecule has 0 fully saturated rings. The molecule has 0 unspecified atom stereocenters. The average molecular weight is 372 g/mol. The molecule has 0 saturated carbocycles. The molecule has 1 aromatic heterocycles. The lowest BCUT2D eigenvalue weighted by atomic mass is 10.1. The van der Waals surface area contributed by atoms with Crippen molar-refractivity contribution in [2.24, 2.45) is 0 Å². The molecular formula is C20H25FN4O2. The number of carbonyl (C=O) groups excluding carboxylic acids is 2. The summed E-state index contributed by atoms with van der Waals surface area (Å²) in [5, 5.41) is 2.69. The predicted molar refractivity (Wildman–Crippen MR) is 101 cm³/mol. The minimum atomic E-state index is -0.423. The van der Waals surface area contributed by atoms with E-state index < -0.39 is 11.7 Å². The Balaban J connectivity index is 1.88. The van der Waals surface area contributed by atoms with Crippen LogP contribution in [0.25, 0.3) is 0 Å². The molecule has 0 bridgehead atoms. The fraction of sp³-hybridized carbons (Fsp3) is 0.450. The molecule has 2 heterocycles. The molecule has 1 N–H and O–H groups in total. The second-order valence-corrected chi connectivity index (χ2v) is 6.88. The third-order valence-corrected chi connectivity index (χ3v) is 4.80. The predicted octanol–water partition coefficient (Wildman–Crippen LogP) is 3.48. The van der Waals surface area contributed by atoms with Crippen LogP contribution in [0.4, 0.5) is 10.1 Å². The van der Waals surface area contributed by atoms with Crippen LogP contribution in [-0.4, -0.2) is 39.9 Å². The van der Waals surface area contributed by atoms with Crippen molar-refractivity contribution < 1.29 is 14.0 Å². The summed E-state index contributed by atoms with van der Waals surface area (Å²) in [5.41, 5.74) is 1.40. The number of nitrogens with one attached hydrogen (secondary N) is 1. The summed E-state index contributed by atoms with van der Waals surface area (Å²) in [5.74, 6) is -0.696. The van der Waals surface area contributed by atoms with Crippen LogP contribution >= 0.6 is 0 Å². The molecule has 2 aromatic rings. The lowest BCUT2D eigenvalue weighted by Crippen LogP contribution is -2.31. The number of carbonyl (C=O) groups is 2. The molecule has 0 spiro atoms. The van der Waals surface area contributed by atoms with E-state index >= 15 is 0 Å². The highest BCUT2D eigenvalue weighted by Crippen LogP contribution is 2.23. The van der Waals surface area contributed by atoms with Crippen LogP contribution in [0.15, 0.2) is 24.3 Å². The summed E-state index contributed by atoms with van der Waals surface area (Å²) in [6.07, 6.45) is 4.52. The number of halogens is 1. The first-order valence-electron chi connectivity index (χ1n) is 9.43. The van der Waals surface area contributed by atoms with Crippen LogP contribution in [0.2, 0.25) is 0 Å². The number of aromatic nitrogens is 2. The zero-order valence-electron chi connectivity index (χ0n) is 15.8. The van der Waals surface area contributed by atoms with E-state index in [9.17, 15) is 14.0 Å². The standard InChI is InChI=1S/C20H25FN4O2/c1-3-4-11-24(2)20(27)18-23-17(16-10-5-6-12-25(16)18)19(26)22-15-9-7-8-14(21)13-15/h7-9,13H,3-6,10-12H2,1-2H3,(H,22,26). The first kappa shape index (κ1) is 19.1. The Morgan fingerprint density at radius 2 is 2.15 bits per heavy atom. The Hall–Kier alpha value is -2.70. The number of benzene rings is 1. The SMILES string of the molecule is CCCCN(C)C(=O)c1nc(C(=O)Nc2cccc(F)c2)c2n1CCCC2. The van der Waals surface area contributed by atoms with Crippen molar-refractivity contribution in [1.82, 2.24) is 14.5 Å². The van der Waals surface area contributed by atoms with Gasteiger partial charge in [-0.25, -0.2) is 9.37 Å². The van der Waals surface area contributed by atoms with Crippen molar-refractivity contribution in [2.75, 3.05) is 18.9 Å². The molecule has 6 nitrogen and oxygen atoms in total. The van der Waals surface area contributed by atoms with Gasteiger partial charge in [0.05, 0.1) is 5.69 Å². The highest BCUT2D eigenvalue weighted by molar-refractivity contribution is 6.05. The van der Waals surface area contributed by atoms with Gasteiger partial charge in [0.15, 0.2) is 11.5 Å². The molecule has 1 aromatic carbocycles. The summed E-state index contributed by atoms with van der Waals surface area (Å²) in [6, 6.07) is 5.72. The quantitative estimate of drug-likeness (QED) is 0.844. The van der Waals surface area contributed by atoms with Crippen molar-refractivity contribution in [3.63, 3.8) is 0 Å². The minimum absolute atomic E-state index is 0.170. The van der Waals surface area contributed by atoms with Crippen LogP contribution in [0.3, 0.4) is 0 Å². The maximum absolute atomic E-state index is 13.4. The van der Waals surface area contributed by atoms with Gasteiger partial charge in [-0.15, -0.1) is 0 Å². The van der Waals surface area contributed by atoms with Gasteiger partial charge in [0, 0.05) is 25.8 Å². The Bertz CT molecular complexity index is 847. The summed E-state index contributed by atoms with van der Waals surface area (Å²) in [4.78, 5) is 31.6. The number of nitrogens with zero attached hydrogens (tertiary/aromatic N) is 3. The second kappa shape index (κ2) is 8.33. The molecule has 2 amide bonds. The molecule has 0 saturated heterocycles. The molecule has 0 atom stereocenters. The van der Waals surface area contributed by atoms with E-state index in [-0.39, 0.29) is 11.6 Å². The monoisotopic (exact) mass is 372 g/mol. The van der Waals surface area contributed by atoms with E-state index in [2.05, 4.69) is 17.2 Å². The Labute approximate surface area is 158 Å². The van der Waals surface area contributed by atoms with Gasteiger partial charge in [-0.3, -0.25) is 9.59 Å². The van der Waals surface area contributed by atoms with Gasteiger partial charge in [0.1, 0.15) is 5.82 Å². The topological polar surface area (TPSA) is 67.2 Å². The maximum Gasteiger partial charge on any atom is 0.289 e. The van der Waals surface area contributed by atoms with Gasteiger partial charge in [0.2, 0.25) is 0 Å². The second-order valence-electron chi connectivity index (χ2n) is 6.88. The molecule has 27 heavy (non-hydrogen) atoms. The summed E-state index contributed by atoms with van der Waals surface area (Å²) >= 11 is 0. The number of unbranched alkanes of at least 4 members (excludes halogenated alkanes) is 1. The molecule has 3 rings (SSSR count).